The van der Waals surface area contributed by atoms with Gasteiger partial charge in [0.2, 0.25) is 0 Å². The Balaban J connectivity index is 3.54. The van der Waals surface area contributed by atoms with Crippen LogP contribution in [0.5, 0.6) is 0 Å². The number of thioether (sulfide) groups is 2. The predicted molar refractivity (Wildman–Crippen MR) is 59.9 cm³/mol. The van der Waals surface area contributed by atoms with Crippen molar-refractivity contribution >= 4 is 44.6 Å². The molecule has 0 atom stereocenters. The summed E-state index contributed by atoms with van der Waals surface area (Å²) in [6, 6.07) is 0. The van der Waals surface area contributed by atoms with Gasteiger partial charge in [-0.3, -0.25) is 0 Å². The summed E-state index contributed by atoms with van der Waals surface area (Å²) in [5, 5.41) is -0.334. The average Bonchev–Trinajstić information content (AvgIpc) is 2.01. The maximum Gasteiger partial charge on any atom is 0.373 e. The first kappa shape index (κ1) is 12.0. The van der Waals surface area contributed by atoms with Gasteiger partial charge in [0.25, 0.3) is 0 Å². The first-order chi connectivity index (χ1) is 5.70. The van der Waals surface area contributed by atoms with Crippen LogP contribution in [-0.2, 0) is 4.74 Å². The highest BCUT2D eigenvalue weighted by molar-refractivity contribution is 8.52. The normalized spacial score (nSPS) is 9.08. The van der Waals surface area contributed by atoms with Crippen LogP contribution >= 0.6 is 35.7 Å². The molecule has 0 aliphatic rings. The minimum absolute atomic E-state index is 0.334. The van der Waals surface area contributed by atoms with Gasteiger partial charge in [0, 0.05) is 17.5 Å². The van der Waals surface area contributed by atoms with Gasteiger partial charge in [0.05, 0.1) is 6.61 Å². The zero-order valence-electron chi connectivity index (χ0n) is 6.74. The standard InChI is InChI=1S/C7H10O2S3/c1-3-5-11-7(10)12-6(8)9-4-2/h3H,1,4-5H2,2H3. The van der Waals surface area contributed by atoms with E-state index in [0.717, 1.165) is 17.5 Å². The summed E-state index contributed by atoms with van der Waals surface area (Å²) < 4.78 is 5.27. The summed E-state index contributed by atoms with van der Waals surface area (Å²) in [6.07, 6.45) is 1.74. The van der Waals surface area contributed by atoms with Crippen LogP contribution in [0.1, 0.15) is 6.92 Å². The van der Waals surface area contributed by atoms with Crippen molar-refractivity contribution in [1.82, 2.24) is 0 Å². The molecule has 0 N–H and O–H groups in total. The van der Waals surface area contributed by atoms with Gasteiger partial charge in [0.15, 0.2) is 0 Å². The van der Waals surface area contributed by atoms with Crippen LogP contribution in [0.4, 0.5) is 4.79 Å². The molecule has 12 heavy (non-hydrogen) atoms. The van der Waals surface area contributed by atoms with Crippen LogP contribution < -0.4 is 0 Å². The summed E-state index contributed by atoms with van der Waals surface area (Å²) in [5.41, 5.74) is 0. The van der Waals surface area contributed by atoms with Crippen LogP contribution in [0.15, 0.2) is 12.7 Å². The Labute approximate surface area is 86.1 Å². The SMILES string of the molecule is C=CCSC(=S)SC(=O)OCC. The fourth-order valence-corrected chi connectivity index (χ4v) is 1.99. The summed E-state index contributed by atoms with van der Waals surface area (Å²) in [7, 11) is 0. The van der Waals surface area contributed by atoms with Crippen LogP contribution in [0.3, 0.4) is 0 Å². The number of carbonyl (C=O) groups is 1. The summed E-state index contributed by atoms with van der Waals surface area (Å²) in [4.78, 5) is 10.8. The van der Waals surface area contributed by atoms with Crippen LogP contribution in [0.25, 0.3) is 0 Å². The van der Waals surface area contributed by atoms with Gasteiger partial charge in [0.1, 0.15) is 3.53 Å². The lowest BCUT2D eigenvalue weighted by Gasteiger charge is -2.00. The monoisotopic (exact) mass is 222 g/mol. The number of hydrogen-bond donors (Lipinski definition) is 0. The smallest absolute Gasteiger partial charge is 0.373 e. The van der Waals surface area contributed by atoms with Gasteiger partial charge >= 0.3 is 5.30 Å². The molecule has 0 unspecified atom stereocenters. The summed E-state index contributed by atoms with van der Waals surface area (Å²) in [6.45, 7) is 5.69. The average molecular weight is 222 g/mol. The van der Waals surface area contributed by atoms with E-state index in [1.54, 1.807) is 13.0 Å². The Kier molecular flexibility index (Phi) is 7.64. The van der Waals surface area contributed by atoms with Crippen molar-refractivity contribution in [3.8, 4) is 0 Å². The van der Waals surface area contributed by atoms with Crippen LogP contribution in [0, 0.1) is 0 Å². The fraction of sp³-hybridized carbons (Fsp3) is 0.429. The van der Waals surface area contributed by atoms with Crippen molar-refractivity contribution in [2.75, 3.05) is 12.4 Å². The van der Waals surface area contributed by atoms with Crippen molar-refractivity contribution < 1.29 is 9.53 Å². The van der Waals surface area contributed by atoms with Crippen LogP contribution in [-0.4, -0.2) is 21.2 Å². The summed E-state index contributed by atoms with van der Waals surface area (Å²) >= 11 is 7.24. The Bertz CT molecular complexity index is 179. The zero-order chi connectivity index (χ0) is 9.40. The third-order valence-electron chi connectivity index (χ3n) is 0.748. The molecule has 5 heteroatoms. The van der Waals surface area contributed by atoms with Gasteiger partial charge in [-0.15, -0.1) is 18.3 Å². The first-order valence-corrected chi connectivity index (χ1v) is 5.54. The molecule has 0 aromatic heterocycles. The van der Waals surface area contributed by atoms with Gasteiger partial charge in [-0.2, -0.15) is 0 Å². The molecule has 68 valence electrons. The Morgan fingerprint density at radius 1 is 1.75 bits per heavy atom. The molecule has 0 aromatic carbocycles. The van der Waals surface area contributed by atoms with Crippen LogP contribution in [0.2, 0.25) is 0 Å². The molecule has 0 heterocycles. The summed E-state index contributed by atoms with van der Waals surface area (Å²) in [5.74, 6) is 0.727. The molecule has 2 nitrogen and oxygen atoms in total. The van der Waals surface area contributed by atoms with E-state index >= 15 is 0 Å². The number of ether oxygens (including phenoxy) is 1. The van der Waals surface area contributed by atoms with Crippen molar-refractivity contribution in [3.05, 3.63) is 12.7 Å². The molecular formula is C7H10O2S3. The largest absolute Gasteiger partial charge is 0.458 e. The predicted octanol–water partition coefficient (Wildman–Crippen LogP) is 3.08. The second-order valence-corrected chi connectivity index (χ2v) is 4.79. The number of rotatable bonds is 3. The molecular weight excluding hydrogens is 212 g/mol. The van der Waals surface area contributed by atoms with E-state index in [0.29, 0.717) is 10.1 Å². The minimum Gasteiger partial charge on any atom is -0.458 e. The number of hydrogen-bond acceptors (Lipinski definition) is 5. The Hall–Kier alpha value is -0.000000000000000111. The van der Waals surface area contributed by atoms with E-state index < -0.39 is 0 Å². The third kappa shape index (κ3) is 6.69. The first-order valence-electron chi connectivity index (χ1n) is 3.33. The molecule has 0 radical (unpaired) electrons. The quantitative estimate of drug-likeness (QED) is 0.415. The van der Waals surface area contributed by atoms with E-state index in [2.05, 4.69) is 11.3 Å². The Morgan fingerprint density at radius 3 is 2.92 bits per heavy atom. The molecule has 0 bridgehead atoms. The van der Waals surface area contributed by atoms with Crippen molar-refractivity contribution in [2.24, 2.45) is 0 Å². The minimum atomic E-state index is -0.334. The lowest BCUT2D eigenvalue weighted by molar-refractivity contribution is 0.182. The van der Waals surface area contributed by atoms with E-state index in [4.69, 9.17) is 12.2 Å². The number of thiocarbonyl (C=S) groups is 1. The maximum absolute atomic E-state index is 10.8. The highest BCUT2D eigenvalue weighted by atomic mass is 32.2. The molecule has 0 fully saturated rings. The lowest BCUT2D eigenvalue weighted by Crippen LogP contribution is -1.98. The van der Waals surface area contributed by atoms with E-state index in [-0.39, 0.29) is 5.30 Å². The van der Waals surface area contributed by atoms with Gasteiger partial charge < -0.3 is 4.74 Å². The van der Waals surface area contributed by atoms with Gasteiger partial charge in [-0.1, -0.05) is 18.3 Å². The van der Waals surface area contributed by atoms with Crippen molar-refractivity contribution in [2.45, 2.75) is 6.92 Å². The maximum atomic E-state index is 10.8. The number of carbonyl (C=O) groups excluding carboxylic acids is 1. The fourth-order valence-electron chi connectivity index (χ4n) is 0.372. The topological polar surface area (TPSA) is 26.3 Å². The molecule has 0 aromatic rings. The molecule has 0 spiro atoms. The van der Waals surface area contributed by atoms with Crippen molar-refractivity contribution in [3.63, 3.8) is 0 Å². The van der Waals surface area contributed by atoms with Crippen molar-refractivity contribution in [1.29, 1.82) is 0 Å². The molecule has 0 aliphatic carbocycles. The van der Waals surface area contributed by atoms with Gasteiger partial charge in [-0.05, 0) is 6.92 Å². The lowest BCUT2D eigenvalue weighted by atomic mass is 10.8. The highest BCUT2D eigenvalue weighted by Crippen LogP contribution is 2.18. The van der Waals surface area contributed by atoms with Gasteiger partial charge in [-0.25, -0.2) is 4.79 Å². The van der Waals surface area contributed by atoms with E-state index in [1.165, 1.54) is 11.8 Å². The molecule has 0 saturated heterocycles. The third-order valence-corrected chi connectivity index (χ3v) is 3.04. The zero-order valence-corrected chi connectivity index (χ0v) is 9.19. The second kappa shape index (κ2) is 7.64. The molecule has 0 rings (SSSR count). The molecule has 0 aliphatic heterocycles. The second-order valence-electron chi connectivity index (χ2n) is 1.63. The highest BCUT2D eigenvalue weighted by Gasteiger charge is 2.06. The van der Waals surface area contributed by atoms with E-state index in [1.807, 2.05) is 0 Å². The van der Waals surface area contributed by atoms with E-state index in [9.17, 15) is 4.79 Å². The molecule has 0 amide bonds. The Morgan fingerprint density at radius 2 is 2.42 bits per heavy atom. The molecule has 0 saturated carbocycles.